The SMILES string of the molecule is CCNC(=O)c1noc(-c2cc(-c3ccccc3C)c(O)cc2O)c1-c1ccc(CN2CCN(C)CC2)cc1. The average Bonchev–Trinajstić information content (AvgIpc) is 3.36. The van der Waals surface area contributed by atoms with Crippen LogP contribution in [0.5, 0.6) is 11.5 Å². The Hall–Kier alpha value is -4.14. The van der Waals surface area contributed by atoms with Crippen molar-refractivity contribution in [2.45, 2.75) is 20.4 Å². The fraction of sp³-hybridized carbons (Fsp3) is 0.290. The predicted octanol–water partition coefficient (Wildman–Crippen LogP) is 4.89. The lowest BCUT2D eigenvalue weighted by Gasteiger charge is -2.32. The maximum absolute atomic E-state index is 13.0. The molecule has 0 bridgehead atoms. The number of nitrogens with zero attached hydrogens (tertiary/aromatic N) is 3. The third-order valence-corrected chi connectivity index (χ3v) is 7.28. The molecule has 202 valence electrons. The average molecular weight is 527 g/mol. The van der Waals surface area contributed by atoms with E-state index in [0.29, 0.717) is 23.2 Å². The number of carbonyl (C=O) groups excluding carboxylic acids is 1. The summed E-state index contributed by atoms with van der Waals surface area (Å²) in [6.45, 7) is 9.25. The van der Waals surface area contributed by atoms with Gasteiger partial charge >= 0.3 is 0 Å². The largest absolute Gasteiger partial charge is 0.507 e. The summed E-state index contributed by atoms with van der Waals surface area (Å²) < 4.78 is 5.74. The van der Waals surface area contributed by atoms with Crippen LogP contribution in [0.15, 0.2) is 65.2 Å². The molecule has 0 radical (unpaired) electrons. The van der Waals surface area contributed by atoms with Gasteiger partial charge in [-0.2, -0.15) is 0 Å². The third-order valence-electron chi connectivity index (χ3n) is 7.28. The number of nitrogens with one attached hydrogen (secondary N) is 1. The Labute approximate surface area is 228 Å². The minimum Gasteiger partial charge on any atom is -0.507 e. The van der Waals surface area contributed by atoms with Gasteiger partial charge in [-0.3, -0.25) is 9.69 Å². The molecule has 1 aromatic heterocycles. The van der Waals surface area contributed by atoms with Gasteiger partial charge in [-0.05, 0) is 49.2 Å². The lowest BCUT2D eigenvalue weighted by molar-refractivity contribution is 0.0947. The molecule has 8 heteroatoms. The highest BCUT2D eigenvalue weighted by molar-refractivity contribution is 6.03. The molecule has 1 aliphatic heterocycles. The number of piperazine rings is 1. The number of phenolic OH excluding ortho intramolecular Hbond substituents is 2. The second kappa shape index (κ2) is 11.3. The molecule has 1 aliphatic rings. The number of phenols is 2. The molecule has 0 saturated carbocycles. The lowest BCUT2D eigenvalue weighted by atomic mass is 9.93. The van der Waals surface area contributed by atoms with Crippen molar-refractivity contribution in [2.24, 2.45) is 0 Å². The first-order valence-corrected chi connectivity index (χ1v) is 13.3. The van der Waals surface area contributed by atoms with Crippen LogP contribution in [0.25, 0.3) is 33.6 Å². The molecule has 3 aromatic carbocycles. The topological polar surface area (TPSA) is 102 Å². The molecule has 1 amide bonds. The Morgan fingerprint density at radius 3 is 2.33 bits per heavy atom. The quantitative estimate of drug-likeness (QED) is 0.315. The number of hydrogen-bond acceptors (Lipinski definition) is 7. The third kappa shape index (κ3) is 5.53. The molecule has 5 rings (SSSR count). The van der Waals surface area contributed by atoms with Gasteiger partial charge in [0.05, 0.1) is 11.1 Å². The summed E-state index contributed by atoms with van der Waals surface area (Å²) in [5.41, 5.74) is 5.24. The van der Waals surface area contributed by atoms with Crippen LogP contribution in [0.1, 0.15) is 28.5 Å². The zero-order valence-electron chi connectivity index (χ0n) is 22.6. The van der Waals surface area contributed by atoms with E-state index in [4.69, 9.17) is 4.52 Å². The number of aromatic nitrogens is 1. The first kappa shape index (κ1) is 26.5. The van der Waals surface area contributed by atoms with E-state index in [2.05, 4.69) is 39.5 Å². The molecule has 4 aromatic rings. The Kier molecular flexibility index (Phi) is 7.67. The molecule has 1 fully saturated rings. The number of aryl methyl sites for hydroxylation is 1. The van der Waals surface area contributed by atoms with Crippen LogP contribution in [-0.2, 0) is 6.54 Å². The molecular weight excluding hydrogens is 492 g/mol. The number of likely N-dealkylation sites (N-methyl/N-ethyl adjacent to an activating group) is 1. The second-order valence-electron chi connectivity index (χ2n) is 10.1. The summed E-state index contributed by atoms with van der Waals surface area (Å²) in [4.78, 5) is 17.7. The lowest BCUT2D eigenvalue weighted by Crippen LogP contribution is -2.43. The molecule has 8 nitrogen and oxygen atoms in total. The van der Waals surface area contributed by atoms with Gasteiger partial charge in [0.2, 0.25) is 0 Å². The number of amides is 1. The van der Waals surface area contributed by atoms with Gasteiger partial charge in [0.15, 0.2) is 11.5 Å². The van der Waals surface area contributed by atoms with Crippen molar-refractivity contribution in [1.82, 2.24) is 20.3 Å². The van der Waals surface area contributed by atoms with Crippen LogP contribution < -0.4 is 5.32 Å². The first-order valence-electron chi connectivity index (χ1n) is 13.3. The van der Waals surface area contributed by atoms with Crippen LogP contribution in [-0.4, -0.2) is 70.8 Å². The van der Waals surface area contributed by atoms with Crippen molar-refractivity contribution < 1.29 is 19.5 Å². The predicted molar refractivity (Wildman–Crippen MR) is 152 cm³/mol. The molecule has 39 heavy (non-hydrogen) atoms. The molecular formula is C31H34N4O4. The van der Waals surface area contributed by atoms with E-state index in [-0.39, 0.29) is 28.9 Å². The fourth-order valence-corrected chi connectivity index (χ4v) is 5.03. The number of rotatable bonds is 7. The van der Waals surface area contributed by atoms with Gasteiger partial charge < -0.3 is 25.0 Å². The van der Waals surface area contributed by atoms with Crippen molar-refractivity contribution >= 4 is 5.91 Å². The highest BCUT2D eigenvalue weighted by Crippen LogP contribution is 2.44. The van der Waals surface area contributed by atoms with Crippen molar-refractivity contribution in [1.29, 1.82) is 0 Å². The first-order chi connectivity index (χ1) is 18.9. The van der Waals surface area contributed by atoms with Crippen LogP contribution in [0.4, 0.5) is 0 Å². The van der Waals surface area contributed by atoms with E-state index in [0.717, 1.165) is 49.4 Å². The van der Waals surface area contributed by atoms with E-state index in [9.17, 15) is 15.0 Å². The molecule has 0 unspecified atom stereocenters. The molecule has 1 saturated heterocycles. The number of carbonyl (C=O) groups is 1. The van der Waals surface area contributed by atoms with Crippen molar-refractivity contribution in [2.75, 3.05) is 39.8 Å². The van der Waals surface area contributed by atoms with Crippen LogP contribution in [0, 0.1) is 6.92 Å². The molecule has 0 atom stereocenters. The van der Waals surface area contributed by atoms with Gasteiger partial charge in [-0.1, -0.05) is 53.7 Å². The van der Waals surface area contributed by atoms with Gasteiger partial charge in [-0.25, -0.2) is 0 Å². The highest BCUT2D eigenvalue weighted by atomic mass is 16.5. The highest BCUT2D eigenvalue weighted by Gasteiger charge is 2.27. The van der Waals surface area contributed by atoms with E-state index >= 15 is 0 Å². The Bertz CT molecular complexity index is 1470. The van der Waals surface area contributed by atoms with E-state index in [1.807, 2.05) is 50.2 Å². The van der Waals surface area contributed by atoms with Crippen molar-refractivity contribution in [3.8, 4) is 45.1 Å². The molecule has 3 N–H and O–H groups in total. The summed E-state index contributed by atoms with van der Waals surface area (Å²) in [6, 6.07) is 18.7. The Morgan fingerprint density at radius 1 is 0.949 bits per heavy atom. The van der Waals surface area contributed by atoms with Gasteiger partial charge in [0, 0.05) is 50.9 Å². The number of benzene rings is 3. The minimum atomic E-state index is -0.360. The Morgan fingerprint density at radius 2 is 1.64 bits per heavy atom. The van der Waals surface area contributed by atoms with Crippen molar-refractivity contribution in [3.05, 3.63) is 77.5 Å². The molecule has 0 spiro atoms. The zero-order valence-corrected chi connectivity index (χ0v) is 22.6. The zero-order chi connectivity index (χ0) is 27.5. The standard InChI is InChI=1S/C31H34N4O4/c1-4-32-31(38)29-28(22-11-9-21(10-12-22)19-35-15-13-34(3)14-16-35)30(39-33-29)25-17-24(26(36)18-27(25)37)23-8-6-5-7-20(23)2/h5-12,17-18,36-37H,4,13-16,19H2,1-3H3,(H,32,38). The number of hydrogen-bond donors (Lipinski definition) is 3. The van der Waals surface area contributed by atoms with Gasteiger partial charge in [0.25, 0.3) is 5.91 Å². The second-order valence-corrected chi connectivity index (χ2v) is 10.1. The summed E-state index contributed by atoms with van der Waals surface area (Å²) in [6.07, 6.45) is 0. The number of aromatic hydroxyl groups is 2. The Balaban J connectivity index is 1.56. The molecule has 2 heterocycles. The van der Waals surface area contributed by atoms with E-state index in [1.54, 1.807) is 6.07 Å². The monoisotopic (exact) mass is 526 g/mol. The summed E-state index contributed by atoms with van der Waals surface area (Å²) in [5.74, 6) is -0.322. The molecule has 0 aliphatic carbocycles. The summed E-state index contributed by atoms with van der Waals surface area (Å²) in [5, 5.41) is 28.5. The maximum atomic E-state index is 13.0. The fourth-order valence-electron chi connectivity index (χ4n) is 5.03. The van der Waals surface area contributed by atoms with E-state index < -0.39 is 0 Å². The van der Waals surface area contributed by atoms with Crippen LogP contribution >= 0.6 is 0 Å². The van der Waals surface area contributed by atoms with Crippen molar-refractivity contribution in [3.63, 3.8) is 0 Å². The summed E-state index contributed by atoms with van der Waals surface area (Å²) >= 11 is 0. The van der Waals surface area contributed by atoms with Gasteiger partial charge in [0.1, 0.15) is 11.5 Å². The smallest absolute Gasteiger partial charge is 0.274 e. The normalized spacial score (nSPS) is 14.4. The minimum absolute atomic E-state index is 0.0520. The van der Waals surface area contributed by atoms with Gasteiger partial charge in [-0.15, -0.1) is 0 Å². The van der Waals surface area contributed by atoms with Crippen LogP contribution in [0.2, 0.25) is 0 Å². The summed E-state index contributed by atoms with van der Waals surface area (Å²) in [7, 11) is 2.14. The maximum Gasteiger partial charge on any atom is 0.274 e. The van der Waals surface area contributed by atoms with Crippen LogP contribution in [0.3, 0.4) is 0 Å². The van der Waals surface area contributed by atoms with E-state index in [1.165, 1.54) is 11.6 Å².